The number of rotatable bonds is 18. The molecule has 0 saturated heterocycles. The summed E-state index contributed by atoms with van der Waals surface area (Å²) in [6.45, 7) is 9.89. The normalized spacial score (nSPS) is 15.9. The van der Waals surface area contributed by atoms with E-state index in [1.807, 2.05) is 26.0 Å². The van der Waals surface area contributed by atoms with Gasteiger partial charge in [-0.25, -0.2) is 0 Å². The van der Waals surface area contributed by atoms with Gasteiger partial charge in [0.25, 0.3) is 0 Å². The highest BCUT2D eigenvalue weighted by Crippen LogP contribution is 2.32. The third-order valence-electron chi connectivity index (χ3n) is 6.68. The monoisotopic (exact) mass is 492 g/mol. The van der Waals surface area contributed by atoms with Gasteiger partial charge in [-0.3, -0.25) is 5.32 Å². The second-order valence-electron chi connectivity index (χ2n) is 10.0. The van der Waals surface area contributed by atoms with Crippen LogP contribution in [-0.4, -0.2) is 62.6 Å². The summed E-state index contributed by atoms with van der Waals surface area (Å²) in [5.74, 6) is 4.57. The van der Waals surface area contributed by atoms with Gasteiger partial charge in [0.05, 0.1) is 26.4 Å². The van der Waals surface area contributed by atoms with Crippen molar-refractivity contribution in [2.45, 2.75) is 71.8 Å². The van der Waals surface area contributed by atoms with E-state index in [1.54, 1.807) is 14.2 Å². The second kappa shape index (κ2) is 16.8. The first-order valence-electron chi connectivity index (χ1n) is 12.7. The molecule has 1 rings (SSSR count). The first-order valence-corrected chi connectivity index (χ1v) is 12.7. The van der Waals surface area contributed by atoms with Crippen molar-refractivity contribution in [2.75, 3.05) is 34.0 Å². The van der Waals surface area contributed by atoms with Gasteiger partial charge in [0, 0.05) is 32.1 Å². The molecule has 0 aliphatic carbocycles. The van der Waals surface area contributed by atoms with Crippen LogP contribution in [0.15, 0.2) is 18.2 Å². The molecular weight excluding hydrogens is 444 g/mol. The Hall–Kier alpha value is -1.82. The van der Waals surface area contributed by atoms with Gasteiger partial charge in [0.2, 0.25) is 0 Å². The molecule has 5 atom stereocenters. The van der Waals surface area contributed by atoms with E-state index in [9.17, 15) is 10.2 Å². The zero-order valence-corrected chi connectivity index (χ0v) is 22.5. The molecule has 0 bridgehead atoms. The van der Waals surface area contributed by atoms with E-state index >= 15 is 0 Å². The Morgan fingerprint density at radius 3 is 2.31 bits per heavy atom. The minimum Gasteiger partial charge on any atom is -0.493 e. The number of hydrogen-bond acceptors (Lipinski definition) is 7. The molecule has 0 radical (unpaired) electrons. The molecule has 7 nitrogen and oxygen atoms in total. The van der Waals surface area contributed by atoms with E-state index in [0.29, 0.717) is 37.7 Å². The van der Waals surface area contributed by atoms with Crippen molar-refractivity contribution in [2.24, 2.45) is 29.4 Å². The molecule has 0 saturated carbocycles. The molecule has 5 N–H and O–H groups in total. The number of ether oxygens (including phenoxy) is 3. The van der Waals surface area contributed by atoms with Crippen LogP contribution in [0.3, 0.4) is 0 Å². The molecule has 0 aromatic heterocycles. The van der Waals surface area contributed by atoms with E-state index in [0.717, 1.165) is 24.2 Å². The molecule has 0 aliphatic rings. The Bertz CT molecular complexity index is 749. The average molecular weight is 493 g/mol. The summed E-state index contributed by atoms with van der Waals surface area (Å²) in [6.07, 6.45) is 6.49. The highest BCUT2D eigenvalue weighted by atomic mass is 16.5. The van der Waals surface area contributed by atoms with E-state index in [4.69, 9.17) is 26.4 Å². The van der Waals surface area contributed by atoms with Crippen molar-refractivity contribution < 1.29 is 24.4 Å². The van der Waals surface area contributed by atoms with Gasteiger partial charge < -0.3 is 30.2 Å². The maximum atomic E-state index is 10.9. The van der Waals surface area contributed by atoms with E-state index in [-0.39, 0.29) is 24.3 Å². The lowest BCUT2D eigenvalue weighted by molar-refractivity contribution is 0.0114. The molecule has 7 heteroatoms. The van der Waals surface area contributed by atoms with Crippen LogP contribution in [0.5, 0.6) is 11.5 Å². The summed E-state index contributed by atoms with van der Waals surface area (Å²) in [7, 11) is 3.31. The van der Waals surface area contributed by atoms with Gasteiger partial charge in [0.15, 0.2) is 11.5 Å². The van der Waals surface area contributed by atoms with Gasteiger partial charge in [0.1, 0.15) is 6.23 Å². The molecule has 0 aliphatic heterocycles. The molecule has 1 unspecified atom stereocenters. The SMILES string of the molecule is C#CCNC(O)[C@@H](C[C@H](O)[C@@H](N)C[C@H](Cc1ccc(OC)c(OCCCOC)c1)C(C)C)C(C)C. The number of aliphatic hydroxyl groups is 2. The van der Waals surface area contributed by atoms with Crippen LogP contribution in [0.1, 0.15) is 52.5 Å². The van der Waals surface area contributed by atoms with Crippen LogP contribution in [0.4, 0.5) is 0 Å². The van der Waals surface area contributed by atoms with Crippen molar-refractivity contribution in [3.63, 3.8) is 0 Å². The summed E-state index contributed by atoms with van der Waals surface area (Å²) >= 11 is 0. The van der Waals surface area contributed by atoms with Crippen molar-refractivity contribution in [1.29, 1.82) is 0 Å². The third-order valence-corrected chi connectivity index (χ3v) is 6.68. The number of terminal acetylenes is 1. The van der Waals surface area contributed by atoms with E-state index < -0.39 is 18.4 Å². The molecule has 1 aromatic carbocycles. The molecule has 0 amide bonds. The van der Waals surface area contributed by atoms with E-state index in [2.05, 4.69) is 31.2 Å². The van der Waals surface area contributed by atoms with Crippen molar-refractivity contribution in [1.82, 2.24) is 5.32 Å². The predicted octanol–water partition coefficient (Wildman–Crippen LogP) is 3.21. The lowest BCUT2D eigenvalue weighted by Gasteiger charge is -2.32. The largest absolute Gasteiger partial charge is 0.493 e. The summed E-state index contributed by atoms with van der Waals surface area (Å²) in [6, 6.07) is 5.63. The Kier molecular flexibility index (Phi) is 15.0. The van der Waals surface area contributed by atoms with Gasteiger partial charge >= 0.3 is 0 Å². The van der Waals surface area contributed by atoms with Crippen LogP contribution in [0.2, 0.25) is 0 Å². The Balaban J connectivity index is 2.84. The highest BCUT2D eigenvalue weighted by molar-refractivity contribution is 5.43. The molecule has 0 heterocycles. The average Bonchev–Trinajstić information content (AvgIpc) is 2.82. The molecule has 0 spiro atoms. The third kappa shape index (κ3) is 11.2. The smallest absolute Gasteiger partial charge is 0.161 e. The standard InChI is InChI=1S/C28H48N2O5/c1-8-12-30-28(32)23(20(4)5)18-25(31)24(29)17-22(19(2)3)15-21-10-11-26(34-7)27(16-21)35-14-9-13-33-6/h1,10-11,16,19-20,22-25,28,30-32H,9,12-15,17-18,29H2,2-7H3/t22-,23-,24-,25-,28?/m0/s1. The van der Waals surface area contributed by atoms with Crippen LogP contribution < -0.4 is 20.5 Å². The number of methoxy groups -OCH3 is 2. The minimum atomic E-state index is -0.782. The lowest BCUT2D eigenvalue weighted by atomic mass is 9.80. The van der Waals surface area contributed by atoms with Crippen LogP contribution in [-0.2, 0) is 11.2 Å². The van der Waals surface area contributed by atoms with Crippen LogP contribution in [0, 0.1) is 36.0 Å². The minimum absolute atomic E-state index is 0.152. The van der Waals surface area contributed by atoms with Gasteiger partial charge in [-0.15, -0.1) is 6.42 Å². The zero-order valence-electron chi connectivity index (χ0n) is 22.5. The quantitative estimate of drug-likeness (QED) is 0.142. The predicted molar refractivity (Wildman–Crippen MR) is 141 cm³/mol. The molecular formula is C28H48N2O5. The molecule has 35 heavy (non-hydrogen) atoms. The Morgan fingerprint density at radius 1 is 1.03 bits per heavy atom. The maximum Gasteiger partial charge on any atom is 0.161 e. The van der Waals surface area contributed by atoms with Crippen molar-refractivity contribution >= 4 is 0 Å². The van der Waals surface area contributed by atoms with Crippen LogP contribution >= 0.6 is 0 Å². The first-order chi connectivity index (χ1) is 16.6. The topological polar surface area (TPSA) is 106 Å². The first kappa shape index (κ1) is 31.2. The van der Waals surface area contributed by atoms with Crippen molar-refractivity contribution in [3.8, 4) is 23.8 Å². The number of benzene rings is 1. The summed E-state index contributed by atoms with van der Waals surface area (Å²) in [5.41, 5.74) is 7.63. The fourth-order valence-electron chi connectivity index (χ4n) is 4.28. The zero-order chi connectivity index (χ0) is 26.4. The van der Waals surface area contributed by atoms with E-state index in [1.165, 1.54) is 0 Å². The maximum absolute atomic E-state index is 10.9. The summed E-state index contributed by atoms with van der Waals surface area (Å²) in [5, 5.41) is 24.3. The fraction of sp³-hybridized carbons (Fsp3) is 0.714. The highest BCUT2D eigenvalue weighted by Gasteiger charge is 2.29. The fourth-order valence-corrected chi connectivity index (χ4v) is 4.28. The van der Waals surface area contributed by atoms with Gasteiger partial charge in [-0.1, -0.05) is 39.7 Å². The summed E-state index contributed by atoms with van der Waals surface area (Å²) in [4.78, 5) is 0. The van der Waals surface area contributed by atoms with Crippen LogP contribution in [0.25, 0.3) is 0 Å². The summed E-state index contributed by atoms with van der Waals surface area (Å²) < 4.78 is 16.5. The molecule has 200 valence electrons. The number of nitrogens with one attached hydrogen (secondary N) is 1. The molecule has 1 aromatic rings. The second-order valence-corrected chi connectivity index (χ2v) is 10.0. The molecule has 0 fully saturated rings. The Labute approximate surface area is 212 Å². The Morgan fingerprint density at radius 2 is 1.74 bits per heavy atom. The van der Waals surface area contributed by atoms with Gasteiger partial charge in [-0.05, 0) is 54.7 Å². The number of aliphatic hydroxyl groups excluding tert-OH is 2. The number of nitrogens with two attached hydrogens (primary N) is 1. The van der Waals surface area contributed by atoms with Crippen molar-refractivity contribution in [3.05, 3.63) is 23.8 Å². The van der Waals surface area contributed by atoms with Gasteiger partial charge in [-0.2, -0.15) is 0 Å². The number of hydrogen-bond donors (Lipinski definition) is 4. The lowest BCUT2D eigenvalue weighted by Crippen LogP contribution is -2.44.